The van der Waals surface area contributed by atoms with Crippen molar-refractivity contribution in [3.63, 3.8) is 0 Å². The number of nitrogens with zero attached hydrogens (tertiary/aromatic N) is 1. The van der Waals surface area contributed by atoms with Gasteiger partial charge in [-0.15, -0.1) is 0 Å². The van der Waals surface area contributed by atoms with Crippen molar-refractivity contribution in [3.8, 4) is 17.2 Å². The fourth-order valence-corrected chi connectivity index (χ4v) is 4.45. The molecule has 0 saturated carbocycles. The van der Waals surface area contributed by atoms with E-state index < -0.39 is 22.5 Å². The molecule has 1 aliphatic rings. The highest BCUT2D eigenvalue weighted by molar-refractivity contribution is 7.89. The van der Waals surface area contributed by atoms with Gasteiger partial charge in [-0.1, -0.05) is 11.6 Å². The van der Waals surface area contributed by atoms with Crippen molar-refractivity contribution in [2.24, 2.45) is 0 Å². The van der Waals surface area contributed by atoms with Crippen LogP contribution < -0.4 is 24.8 Å². The van der Waals surface area contributed by atoms with E-state index in [4.69, 9.17) is 25.8 Å². The fourth-order valence-electron chi connectivity index (χ4n) is 2.81. The summed E-state index contributed by atoms with van der Waals surface area (Å²) in [5.74, 6) is 0.136. The average molecular weight is 470 g/mol. The Morgan fingerprint density at radius 3 is 2.45 bits per heavy atom. The SMILES string of the molecule is COc1cc(NC(=O)CN(C)S(=O)(=O)c2cc3c(cc2Cl)NC(=O)CO3)cc(OC)c1. The van der Waals surface area contributed by atoms with Gasteiger partial charge in [0.2, 0.25) is 15.9 Å². The monoisotopic (exact) mass is 469 g/mol. The van der Waals surface area contributed by atoms with Gasteiger partial charge < -0.3 is 24.8 Å². The molecule has 1 aliphatic heterocycles. The molecule has 2 aromatic carbocycles. The molecule has 0 radical (unpaired) electrons. The topological polar surface area (TPSA) is 123 Å². The number of sulfonamides is 1. The van der Waals surface area contributed by atoms with E-state index in [1.165, 1.54) is 33.4 Å². The van der Waals surface area contributed by atoms with Crippen molar-refractivity contribution in [2.75, 3.05) is 45.1 Å². The first kappa shape index (κ1) is 22.7. The van der Waals surface area contributed by atoms with Crippen LogP contribution in [0.5, 0.6) is 17.2 Å². The summed E-state index contributed by atoms with van der Waals surface area (Å²) in [6, 6.07) is 7.28. The van der Waals surface area contributed by atoms with Gasteiger partial charge >= 0.3 is 0 Å². The first-order chi connectivity index (χ1) is 14.6. The van der Waals surface area contributed by atoms with Gasteiger partial charge in [0.15, 0.2) is 6.61 Å². The third kappa shape index (κ3) is 5.01. The molecule has 0 unspecified atom stereocenters. The standard InChI is InChI=1S/C19H20ClN3O7S/c1-23(9-18(24)21-11-4-12(28-2)6-13(5-11)29-3)31(26,27)17-8-16-15(7-14(17)20)22-19(25)10-30-16/h4-8H,9-10H2,1-3H3,(H,21,24)(H,22,25). The molecule has 166 valence electrons. The Bertz CT molecular complexity index is 1120. The third-order valence-electron chi connectivity index (χ3n) is 4.36. The number of benzene rings is 2. The highest BCUT2D eigenvalue weighted by Crippen LogP contribution is 2.36. The first-order valence-electron chi connectivity index (χ1n) is 8.89. The number of likely N-dealkylation sites (N-methyl/N-ethyl adjacent to an activating group) is 1. The molecule has 2 amide bonds. The van der Waals surface area contributed by atoms with Crippen LogP contribution in [0.15, 0.2) is 35.2 Å². The average Bonchev–Trinajstić information content (AvgIpc) is 2.72. The van der Waals surface area contributed by atoms with Crippen LogP contribution >= 0.6 is 11.6 Å². The van der Waals surface area contributed by atoms with Crippen LogP contribution in [0.2, 0.25) is 5.02 Å². The third-order valence-corrected chi connectivity index (χ3v) is 6.62. The minimum atomic E-state index is -4.13. The lowest BCUT2D eigenvalue weighted by molar-refractivity contribution is -0.118. The summed E-state index contributed by atoms with van der Waals surface area (Å²) in [6.45, 7) is -0.719. The molecule has 0 fully saturated rings. The van der Waals surface area contributed by atoms with E-state index in [1.807, 2.05) is 0 Å². The van der Waals surface area contributed by atoms with Crippen molar-refractivity contribution in [3.05, 3.63) is 35.4 Å². The van der Waals surface area contributed by atoms with Crippen molar-refractivity contribution in [2.45, 2.75) is 4.90 Å². The van der Waals surface area contributed by atoms with E-state index >= 15 is 0 Å². The number of halogens is 1. The van der Waals surface area contributed by atoms with Crippen LogP contribution in [0.25, 0.3) is 0 Å². The maximum absolute atomic E-state index is 13.0. The van der Waals surface area contributed by atoms with Crippen molar-refractivity contribution in [1.29, 1.82) is 0 Å². The lowest BCUT2D eigenvalue weighted by Gasteiger charge is -2.22. The quantitative estimate of drug-likeness (QED) is 0.635. The van der Waals surface area contributed by atoms with Gasteiger partial charge in [0.25, 0.3) is 5.91 Å². The van der Waals surface area contributed by atoms with Gasteiger partial charge in [-0.2, -0.15) is 4.31 Å². The van der Waals surface area contributed by atoms with Gasteiger partial charge in [0, 0.05) is 37.0 Å². The van der Waals surface area contributed by atoms with E-state index in [9.17, 15) is 18.0 Å². The van der Waals surface area contributed by atoms with E-state index in [1.54, 1.807) is 18.2 Å². The molecule has 0 atom stereocenters. The number of nitrogens with one attached hydrogen (secondary N) is 2. The molecule has 0 saturated heterocycles. The minimum Gasteiger partial charge on any atom is -0.497 e. The van der Waals surface area contributed by atoms with Crippen molar-refractivity contribution >= 4 is 44.8 Å². The normalized spacial score (nSPS) is 13.1. The van der Waals surface area contributed by atoms with E-state index in [0.717, 1.165) is 4.31 Å². The van der Waals surface area contributed by atoms with Gasteiger partial charge in [0.05, 0.1) is 31.5 Å². The summed E-state index contributed by atoms with van der Waals surface area (Å²) in [6.07, 6.45) is 0. The molecule has 12 heteroatoms. The second-order valence-corrected chi connectivity index (χ2v) is 8.95. The fraction of sp³-hybridized carbons (Fsp3) is 0.263. The molecule has 0 bridgehead atoms. The largest absolute Gasteiger partial charge is 0.497 e. The molecule has 2 N–H and O–H groups in total. The molecular formula is C19H20ClN3O7S. The maximum Gasteiger partial charge on any atom is 0.262 e. The van der Waals surface area contributed by atoms with Gasteiger partial charge in [-0.05, 0) is 6.07 Å². The molecule has 0 aliphatic carbocycles. The van der Waals surface area contributed by atoms with Crippen molar-refractivity contribution < 1.29 is 32.2 Å². The Kier molecular flexibility index (Phi) is 6.58. The smallest absolute Gasteiger partial charge is 0.262 e. The zero-order valence-electron chi connectivity index (χ0n) is 16.9. The Hall–Kier alpha value is -3.02. The van der Waals surface area contributed by atoms with Gasteiger partial charge in [0.1, 0.15) is 22.1 Å². The number of carbonyl (C=O) groups is 2. The van der Waals surface area contributed by atoms with E-state index in [-0.39, 0.29) is 33.9 Å². The van der Waals surface area contributed by atoms with Crippen LogP contribution in [0, 0.1) is 0 Å². The molecule has 2 aromatic rings. The molecule has 10 nitrogen and oxygen atoms in total. The lowest BCUT2D eigenvalue weighted by atomic mass is 10.2. The second-order valence-electron chi connectivity index (χ2n) is 6.53. The highest BCUT2D eigenvalue weighted by Gasteiger charge is 2.29. The summed E-state index contributed by atoms with van der Waals surface area (Å²) in [7, 11) is 0.0591. The second kappa shape index (κ2) is 9.00. The molecule has 3 rings (SSSR count). The van der Waals surface area contributed by atoms with E-state index in [2.05, 4.69) is 10.6 Å². The number of hydrogen-bond acceptors (Lipinski definition) is 7. The first-order valence-corrected chi connectivity index (χ1v) is 10.7. The number of anilines is 2. The number of rotatable bonds is 7. The predicted molar refractivity (Wildman–Crippen MR) is 114 cm³/mol. The maximum atomic E-state index is 13.0. The summed E-state index contributed by atoms with van der Waals surface area (Å²) in [4.78, 5) is 23.6. The molecule has 1 heterocycles. The Morgan fingerprint density at radius 1 is 1.19 bits per heavy atom. The van der Waals surface area contributed by atoms with Crippen LogP contribution in [-0.2, 0) is 19.6 Å². The zero-order chi connectivity index (χ0) is 22.8. The number of methoxy groups -OCH3 is 2. The summed E-state index contributed by atoms with van der Waals surface area (Å²) in [5, 5.41) is 5.03. The summed E-state index contributed by atoms with van der Waals surface area (Å²) < 4.78 is 42.3. The van der Waals surface area contributed by atoms with Gasteiger partial charge in [-0.25, -0.2) is 8.42 Å². The number of carbonyl (C=O) groups excluding carboxylic acids is 2. The minimum absolute atomic E-state index is 0.116. The number of ether oxygens (including phenoxy) is 3. The summed E-state index contributed by atoms with van der Waals surface area (Å²) >= 11 is 6.13. The highest BCUT2D eigenvalue weighted by atomic mass is 35.5. The lowest BCUT2D eigenvalue weighted by Crippen LogP contribution is -2.35. The van der Waals surface area contributed by atoms with E-state index in [0.29, 0.717) is 17.2 Å². The van der Waals surface area contributed by atoms with Crippen LogP contribution in [0.4, 0.5) is 11.4 Å². The van der Waals surface area contributed by atoms with Crippen LogP contribution in [0.3, 0.4) is 0 Å². The number of amides is 2. The molecular weight excluding hydrogens is 450 g/mol. The zero-order valence-corrected chi connectivity index (χ0v) is 18.5. The predicted octanol–water partition coefficient (Wildman–Crippen LogP) is 1.95. The van der Waals surface area contributed by atoms with Crippen molar-refractivity contribution in [1.82, 2.24) is 4.31 Å². The molecule has 0 spiro atoms. The molecule has 0 aromatic heterocycles. The Morgan fingerprint density at radius 2 is 1.84 bits per heavy atom. The Labute approximate surface area is 184 Å². The molecule has 31 heavy (non-hydrogen) atoms. The van der Waals surface area contributed by atoms with Crippen LogP contribution in [0.1, 0.15) is 0 Å². The van der Waals surface area contributed by atoms with Gasteiger partial charge in [-0.3, -0.25) is 9.59 Å². The Balaban J connectivity index is 1.77. The van der Waals surface area contributed by atoms with Crippen LogP contribution in [-0.4, -0.2) is 59.0 Å². The number of hydrogen-bond donors (Lipinski definition) is 2. The summed E-state index contributed by atoms with van der Waals surface area (Å²) in [5.41, 5.74) is 0.649. The number of fused-ring (bicyclic) bond motifs is 1.